The van der Waals surface area contributed by atoms with Crippen LogP contribution >= 0.6 is 0 Å². The highest BCUT2D eigenvalue weighted by atomic mass is 32.2. The Bertz CT molecular complexity index is 1120. The van der Waals surface area contributed by atoms with E-state index in [-0.39, 0.29) is 4.90 Å². The summed E-state index contributed by atoms with van der Waals surface area (Å²) in [5.41, 5.74) is 3.27. The number of methoxy groups -OCH3 is 1. The van der Waals surface area contributed by atoms with Gasteiger partial charge in [0, 0.05) is 5.39 Å². The van der Waals surface area contributed by atoms with Crippen LogP contribution in [0.2, 0.25) is 0 Å². The summed E-state index contributed by atoms with van der Waals surface area (Å²) in [6.45, 7) is 5.22. The molecular weight excluding hydrogens is 356 g/mol. The number of aryl methyl sites for hydroxylation is 3. The quantitative estimate of drug-likeness (QED) is 0.703. The first-order chi connectivity index (χ1) is 12.2. The Morgan fingerprint density at radius 1 is 1.12 bits per heavy atom. The number of fused-ring (bicyclic) bond motifs is 1. The zero-order chi connectivity index (χ0) is 19.1. The predicted octanol–water partition coefficient (Wildman–Crippen LogP) is 3.34. The fraction of sp³-hybridized carbons (Fsp3) is 0.222. The van der Waals surface area contributed by atoms with Gasteiger partial charge in [-0.1, -0.05) is 5.16 Å². The predicted molar refractivity (Wildman–Crippen MR) is 96.8 cm³/mol. The molecule has 0 aliphatic carbocycles. The molecule has 0 aliphatic rings. The molecule has 8 heteroatoms. The van der Waals surface area contributed by atoms with Crippen molar-refractivity contribution >= 4 is 32.6 Å². The van der Waals surface area contributed by atoms with Crippen molar-refractivity contribution in [2.45, 2.75) is 25.7 Å². The van der Waals surface area contributed by atoms with Gasteiger partial charge in [-0.05, 0) is 62.2 Å². The van der Waals surface area contributed by atoms with Crippen molar-refractivity contribution in [2.24, 2.45) is 0 Å². The minimum Gasteiger partial charge on any atom is -0.465 e. The molecule has 0 fully saturated rings. The van der Waals surface area contributed by atoms with E-state index in [1.54, 1.807) is 32.9 Å². The molecule has 0 amide bonds. The van der Waals surface area contributed by atoms with E-state index in [9.17, 15) is 13.2 Å². The Hall–Kier alpha value is -2.87. The van der Waals surface area contributed by atoms with E-state index < -0.39 is 16.0 Å². The number of nitrogens with one attached hydrogen (secondary N) is 1. The molecule has 3 aromatic rings. The highest BCUT2D eigenvalue weighted by Crippen LogP contribution is 2.28. The average Bonchev–Trinajstić information content (AvgIpc) is 2.94. The summed E-state index contributed by atoms with van der Waals surface area (Å²) >= 11 is 0. The highest BCUT2D eigenvalue weighted by Gasteiger charge is 2.19. The number of carbonyl (C=O) groups excluding carboxylic acids is 1. The van der Waals surface area contributed by atoms with Crippen molar-refractivity contribution in [3.05, 3.63) is 52.7 Å². The molecule has 0 atom stereocenters. The summed E-state index contributed by atoms with van der Waals surface area (Å²) < 4.78 is 38.0. The summed E-state index contributed by atoms with van der Waals surface area (Å²) in [6.07, 6.45) is 0. The Morgan fingerprint density at radius 2 is 1.85 bits per heavy atom. The van der Waals surface area contributed by atoms with E-state index in [4.69, 9.17) is 4.52 Å². The minimum absolute atomic E-state index is 0.0594. The summed E-state index contributed by atoms with van der Waals surface area (Å²) in [4.78, 5) is 11.7. The molecule has 0 bridgehead atoms. The number of benzene rings is 2. The van der Waals surface area contributed by atoms with Gasteiger partial charge in [0.05, 0.1) is 29.0 Å². The lowest BCUT2D eigenvalue weighted by atomic mass is 10.1. The fourth-order valence-electron chi connectivity index (χ4n) is 2.66. The number of hydrogen-bond donors (Lipinski definition) is 1. The summed E-state index contributed by atoms with van der Waals surface area (Å²) in [6, 6.07) is 7.69. The maximum atomic E-state index is 12.7. The number of esters is 1. The lowest BCUT2D eigenvalue weighted by Crippen LogP contribution is -2.15. The van der Waals surface area contributed by atoms with Gasteiger partial charge in [-0.15, -0.1) is 0 Å². The third kappa shape index (κ3) is 3.15. The Labute approximate surface area is 151 Å². The van der Waals surface area contributed by atoms with Gasteiger partial charge < -0.3 is 9.26 Å². The van der Waals surface area contributed by atoms with Crippen molar-refractivity contribution in [3.8, 4) is 0 Å². The van der Waals surface area contributed by atoms with Crippen molar-refractivity contribution in [1.82, 2.24) is 5.16 Å². The molecule has 2 aromatic carbocycles. The van der Waals surface area contributed by atoms with E-state index in [0.29, 0.717) is 33.7 Å². The summed E-state index contributed by atoms with van der Waals surface area (Å²) in [5, 5.41) is 4.62. The van der Waals surface area contributed by atoms with Gasteiger partial charge in [-0.25, -0.2) is 13.2 Å². The molecule has 0 saturated heterocycles. The number of rotatable bonds is 4. The molecule has 136 valence electrons. The number of nitrogens with zero attached hydrogens (tertiary/aromatic N) is 1. The van der Waals surface area contributed by atoms with Gasteiger partial charge in [0.2, 0.25) is 0 Å². The van der Waals surface area contributed by atoms with E-state index in [2.05, 4.69) is 14.6 Å². The Kier molecular flexibility index (Phi) is 4.45. The molecule has 1 heterocycles. The van der Waals surface area contributed by atoms with E-state index in [0.717, 1.165) is 5.39 Å². The topological polar surface area (TPSA) is 98.5 Å². The van der Waals surface area contributed by atoms with Crippen LogP contribution in [0.5, 0.6) is 0 Å². The molecule has 26 heavy (non-hydrogen) atoms. The third-order valence-electron chi connectivity index (χ3n) is 4.16. The molecule has 1 aromatic heterocycles. The first-order valence-corrected chi connectivity index (χ1v) is 9.29. The van der Waals surface area contributed by atoms with E-state index in [1.165, 1.54) is 25.3 Å². The fourth-order valence-corrected chi connectivity index (χ4v) is 3.87. The van der Waals surface area contributed by atoms with Crippen LogP contribution < -0.4 is 4.72 Å². The number of sulfonamides is 1. The van der Waals surface area contributed by atoms with Gasteiger partial charge >= 0.3 is 5.97 Å². The maximum Gasteiger partial charge on any atom is 0.338 e. The molecule has 0 radical (unpaired) electrons. The zero-order valence-electron chi connectivity index (χ0n) is 14.8. The summed E-state index contributed by atoms with van der Waals surface area (Å²) in [7, 11) is -2.55. The SMILES string of the molecule is COC(=O)c1ccc(S(=O)(=O)Nc2cc3c(C)noc3cc2C)cc1C. The molecule has 7 nitrogen and oxygen atoms in total. The number of anilines is 1. The number of aromatic nitrogens is 1. The molecule has 0 unspecified atom stereocenters. The van der Waals surface area contributed by atoms with Crippen LogP contribution in [-0.2, 0) is 14.8 Å². The van der Waals surface area contributed by atoms with Gasteiger partial charge in [0.25, 0.3) is 10.0 Å². The Morgan fingerprint density at radius 3 is 2.50 bits per heavy atom. The van der Waals surface area contributed by atoms with Gasteiger partial charge in [-0.3, -0.25) is 4.72 Å². The second kappa shape index (κ2) is 6.45. The van der Waals surface area contributed by atoms with Gasteiger partial charge in [0.15, 0.2) is 5.58 Å². The normalized spacial score (nSPS) is 11.5. The van der Waals surface area contributed by atoms with Crippen LogP contribution in [0, 0.1) is 20.8 Å². The van der Waals surface area contributed by atoms with Crippen molar-refractivity contribution in [2.75, 3.05) is 11.8 Å². The van der Waals surface area contributed by atoms with Gasteiger partial charge in [-0.2, -0.15) is 0 Å². The van der Waals surface area contributed by atoms with Crippen LogP contribution in [0.1, 0.15) is 27.2 Å². The second-order valence-corrected chi connectivity index (χ2v) is 7.69. The molecule has 3 rings (SSSR count). The summed E-state index contributed by atoms with van der Waals surface area (Å²) in [5.74, 6) is -0.511. The van der Waals surface area contributed by atoms with Crippen molar-refractivity contribution in [1.29, 1.82) is 0 Å². The molecule has 0 saturated carbocycles. The van der Waals surface area contributed by atoms with Crippen molar-refractivity contribution in [3.63, 3.8) is 0 Å². The molecule has 0 aliphatic heterocycles. The zero-order valence-corrected chi connectivity index (χ0v) is 15.6. The number of hydrogen-bond acceptors (Lipinski definition) is 6. The third-order valence-corrected chi connectivity index (χ3v) is 5.52. The van der Waals surface area contributed by atoms with E-state index >= 15 is 0 Å². The largest absolute Gasteiger partial charge is 0.465 e. The van der Waals surface area contributed by atoms with Crippen LogP contribution in [0.4, 0.5) is 5.69 Å². The first-order valence-electron chi connectivity index (χ1n) is 7.81. The molecule has 1 N–H and O–H groups in total. The average molecular weight is 374 g/mol. The highest BCUT2D eigenvalue weighted by molar-refractivity contribution is 7.92. The van der Waals surface area contributed by atoms with E-state index in [1.807, 2.05) is 0 Å². The smallest absolute Gasteiger partial charge is 0.338 e. The van der Waals surface area contributed by atoms with Crippen LogP contribution in [0.15, 0.2) is 39.8 Å². The monoisotopic (exact) mass is 374 g/mol. The lowest BCUT2D eigenvalue weighted by molar-refractivity contribution is 0.0600. The number of ether oxygens (including phenoxy) is 1. The number of carbonyl (C=O) groups is 1. The van der Waals surface area contributed by atoms with Crippen LogP contribution in [0.25, 0.3) is 11.0 Å². The standard InChI is InChI=1S/C18H18N2O5S/c1-10-7-13(5-6-14(10)18(21)24-4)26(22,23)20-16-9-15-12(3)19-25-17(15)8-11(16)2/h5-9,20H,1-4H3. The first kappa shape index (κ1) is 17.9. The lowest BCUT2D eigenvalue weighted by Gasteiger charge is -2.12. The molecular formula is C18H18N2O5S. The van der Waals surface area contributed by atoms with Gasteiger partial charge in [0.1, 0.15) is 0 Å². The minimum atomic E-state index is -3.83. The molecule has 0 spiro atoms. The van der Waals surface area contributed by atoms with Crippen LogP contribution in [-0.4, -0.2) is 26.7 Å². The Balaban J connectivity index is 1.99. The second-order valence-electron chi connectivity index (χ2n) is 6.01. The maximum absolute atomic E-state index is 12.7. The van der Waals surface area contributed by atoms with Crippen LogP contribution in [0.3, 0.4) is 0 Å². The van der Waals surface area contributed by atoms with Crippen molar-refractivity contribution < 1.29 is 22.5 Å².